The molecule has 1 fully saturated rings. The predicted octanol–water partition coefficient (Wildman–Crippen LogP) is 1.28. The summed E-state index contributed by atoms with van der Waals surface area (Å²) in [5.41, 5.74) is 5.83. The van der Waals surface area contributed by atoms with Crippen molar-refractivity contribution in [2.24, 2.45) is 22.6 Å². The SMILES string of the molecule is CC(C)CCNC(N)=NCC1CCN(C)CC1. The molecule has 0 radical (unpaired) electrons. The van der Waals surface area contributed by atoms with Crippen LogP contribution in [0.15, 0.2) is 4.99 Å². The highest BCUT2D eigenvalue weighted by molar-refractivity contribution is 5.77. The third-order valence-corrected chi connectivity index (χ3v) is 3.39. The van der Waals surface area contributed by atoms with Gasteiger partial charge in [-0.2, -0.15) is 0 Å². The van der Waals surface area contributed by atoms with Gasteiger partial charge in [-0.25, -0.2) is 0 Å². The molecule has 0 aromatic heterocycles. The number of nitrogens with two attached hydrogens (primary N) is 1. The Morgan fingerprint density at radius 2 is 2.06 bits per heavy atom. The fraction of sp³-hybridized carbons (Fsp3) is 0.923. The van der Waals surface area contributed by atoms with Crippen LogP contribution < -0.4 is 11.1 Å². The van der Waals surface area contributed by atoms with Gasteiger partial charge < -0.3 is 16.0 Å². The summed E-state index contributed by atoms with van der Waals surface area (Å²) in [7, 11) is 2.18. The van der Waals surface area contributed by atoms with E-state index >= 15 is 0 Å². The van der Waals surface area contributed by atoms with Crippen molar-refractivity contribution in [2.75, 3.05) is 33.2 Å². The lowest BCUT2D eigenvalue weighted by Crippen LogP contribution is -2.35. The van der Waals surface area contributed by atoms with Crippen LogP contribution >= 0.6 is 0 Å². The number of likely N-dealkylation sites (tertiary alicyclic amines) is 1. The third kappa shape index (κ3) is 6.51. The average molecular weight is 240 g/mol. The maximum absolute atomic E-state index is 5.83. The van der Waals surface area contributed by atoms with Crippen LogP contribution in [0.5, 0.6) is 0 Å². The fourth-order valence-corrected chi connectivity index (χ4v) is 2.02. The monoisotopic (exact) mass is 240 g/mol. The lowest BCUT2D eigenvalue weighted by atomic mass is 9.97. The smallest absolute Gasteiger partial charge is 0.188 e. The lowest BCUT2D eigenvalue weighted by molar-refractivity contribution is 0.223. The van der Waals surface area contributed by atoms with Gasteiger partial charge in [-0.1, -0.05) is 13.8 Å². The van der Waals surface area contributed by atoms with Crippen LogP contribution in [-0.4, -0.2) is 44.1 Å². The zero-order valence-electron chi connectivity index (χ0n) is 11.6. The lowest BCUT2D eigenvalue weighted by Gasteiger charge is -2.27. The van der Waals surface area contributed by atoms with Crippen molar-refractivity contribution in [3.8, 4) is 0 Å². The minimum atomic E-state index is 0.615. The Hall–Kier alpha value is -0.770. The summed E-state index contributed by atoms with van der Waals surface area (Å²) in [5.74, 6) is 2.05. The Bertz CT molecular complexity index is 230. The second-order valence-corrected chi connectivity index (χ2v) is 5.58. The molecule has 17 heavy (non-hydrogen) atoms. The van der Waals surface area contributed by atoms with E-state index in [9.17, 15) is 0 Å². The molecule has 0 bridgehead atoms. The maximum Gasteiger partial charge on any atom is 0.188 e. The summed E-state index contributed by atoms with van der Waals surface area (Å²) >= 11 is 0. The normalized spacial score (nSPS) is 19.9. The van der Waals surface area contributed by atoms with Crippen molar-refractivity contribution >= 4 is 5.96 Å². The van der Waals surface area contributed by atoms with Crippen molar-refractivity contribution in [2.45, 2.75) is 33.1 Å². The number of piperidine rings is 1. The highest BCUT2D eigenvalue weighted by Crippen LogP contribution is 2.15. The molecule has 0 aromatic carbocycles. The number of hydrogen-bond acceptors (Lipinski definition) is 2. The van der Waals surface area contributed by atoms with Crippen molar-refractivity contribution < 1.29 is 0 Å². The first kappa shape index (κ1) is 14.3. The summed E-state index contributed by atoms with van der Waals surface area (Å²) in [4.78, 5) is 6.81. The van der Waals surface area contributed by atoms with E-state index in [1.807, 2.05) is 0 Å². The van der Waals surface area contributed by atoms with E-state index in [2.05, 4.69) is 36.1 Å². The van der Waals surface area contributed by atoms with Gasteiger partial charge in [-0.3, -0.25) is 4.99 Å². The van der Waals surface area contributed by atoms with Crippen molar-refractivity contribution in [1.29, 1.82) is 0 Å². The largest absolute Gasteiger partial charge is 0.370 e. The first-order valence-electron chi connectivity index (χ1n) is 6.80. The minimum Gasteiger partial charge on any atom is -0.370 e. The molecule has 0 amide bonds. The van der Waals surface area contributed by atoms with Gasteiger partial charge in [0.15, 0.2) is 5.96 Å². The number of nitrogens with zero attached hydrogens (tertiary/aromatic N) is 2. The van der Waals surface area contributed by atoms with Crippen molar-refractivity contribution in [3.63, 3.8) is 0 Å². The molecule has 4 heteroatoms. The standard InChI is InChI=1S/C13H28N4/c1-11(2)4-7-15-13(14)16-10-12-5-8-17(3)9-6-12/h11-12H,4-10H2,1-3H3,(H3,14,15,16). The predicted molar refractivity (Wildman–Crippen MR) is 74.2 cm³/mol. The first-order chi connectivity index (χ1) is 8.08. The number of nitrogens with one attached hydrogen (secondary N) is 1. The highest BCUT2D eigenvalue weighted by atomic mass is 15.1. The second-order valence-electron chi connectivity index (χ2n) is 5.58. The van der Waals surface area contributed by atoms with Crippen LogP contribution in [0.3, 0.4) is 0 Å². The van der Waals surface area contributed by atoms with E-state index in [-0.39, 0.29) is 0 Å². The van der Waals surface area contributed by atoms with Gasteiger partial charge in [0.1, 0.15) is 0 Å². The quantitative estimate of drug-likeness (QED) is 0.562. The summed E-state index contributed by atoms with van der Waals surface area (Å²) < 4.78 is 0. The molecule has 1 aliphatic rings. The summed E-state index contributed by atoms with van der Waals surface area (Å²) in [6.45, 7) is 8.64. The zero-order chi connectivity index (χ0) is 12.7. The van der Waals surface area contributed by atoms with E-state index in [1.54, 1.807) is 0 Å². The van der Waals surface area contributed by atoms with E-state index in [4.69, 9.17) is 5.73 Å². The van der Waals surface area contributed by atoms with Crippen LogP contribution in [0.2, 0.25) is 0 Å². The van der Waals surface area contributed by atoms with Crippen LogP contribution in [0, 0.1) is 11.8 Å². The molecule has 0 aliphatic carbocycles. The van der Waals surface area contributed by atoms with Gasteiger partial charge in [0.05, 0.1) is 0 Å². The number of guanidine groups is 1. The second kappa shape index (κ2) is 7.54. The van der Waals surface area contributed by atoms with Crippen molar-refractivity contribution in [3.05, 3.63) is 0 Å². The van der Waals surface area contributed by atoms with Gasteiger partial charge in [0.2, 0.25) is 0 Å². The summed E-state index contributed by atoms with van der Waals surface area (Å²) in [6.07, 6.45) is 3.64. The molecule has 1 heterocycles. The summed E-state index contributed by atoms with van der Waals surface area (Å²) in [5, 5.41) is 3.18. The van der Waals surface area contributed by atoms with Crippen LogP contribution in [0.25, 0.3) is 0 Å². The molecule has 100 valence electrons. The molecule has 0 saturated carbocycles. The molecule has 1 saturated heterocycles. The highest BCUT2D eigenvalue weighted by Gasteiger charge is 2.15. The molecule has 3 N–H and O–H groups in total. The van der Waals surface area contributed by atoms with E-state index in [0.29, 0.717) is 11.9 Å². The van der Waals surface area contributed by atoms with E-state index in [0.717, 1.165) is 25.4 Å². The van der Waals surface area contributed by atoms with Gasteiger partial charge in [0.25, 0.3) is 0 Å². The molecule has 4 nitrogen and oxygen atoms in total. The van der Waals surface area contributed by atoms with Gasteiger partial charge >= 0.3 is 0 Å². The van der Waals surface area contributed by atoms with Gasteiger partial charge in [-0.05, 0) is 51.2 Å². The molecule has 1 aliphatic heterocycles. The first-order valence-corrected chi connectivity index (χ1v) is 6.80. The number of hydrogen-bond donors (Lipinski definition) is 2. The fourth-order valence-electron chi connectivity index (χ4n) is 2.02. The zero-order valence-corrected chi connectivity index (χ0v) is 11.6. The molecule has 0 spiro atoms. The summed E-state index contributed by atoms with van der Waals surface area (Å²) in [6, 6.07) is 0. The molecule has 1 rings (SSSR count). The van der Waals surface area contributed by atoms with Gasteiger partial charge in [-0.15, -0.1) is 0 Å². The van der Waals surface area contributed by atoms with Crippen LogP contribution in [0.1, 0.15) is 33.1 Å². The molecule has 0 aromatic rings. The maximum atomic E-state index is 5.83. The Morgan fingerprint density at radius 1 is 1.41 bits per heavy atom. The Labute approximate surface area is 106 Å². The number of rotatable bonds is 5. The number of aliphatic imine (C=N–C) groups is 1. The molecular formula is C13H28N4. The third-order valence-electron chi connectivity index (χ3n) is 3.39. The van der Waals surface area contributed by atoms with Crippen LogP contribution in [-0.2, 0) is 0 Å². The van der Waals surface area contributed by atoms with E-state index < -0.39 is 0 Å². The van der Waals surface area contributed by atoms with Gasteiger partial charge in [0, 0.05) is 13.1 Å². The Balaban J connectivity index is 2.14. The molecular weight excluding hydrogens is 212 g/mol. The minimum absolute atomic E-state index is 0.615. The van der Waals surface area contributed by atoms with E-state index in [1.165, 1.54) is 25.9 Å². The van der Waals surface area contributed by atoms with Crippen LogP contribution in [0.4, 0.5) is 0 Å². The van der Waals surface area contributed by atoms with Crippen molar-refractivity contribution in [1.82, 2.24) is 10.2 Å². The topological polar surface area (TPSA) is 53.6 Å². The molecule has 0 atom stereocenters. The molecule has 0 unspecified atom stereocenters. The Morgan fingerprint density at radius 3 is 2.65 bits per heavy atom. The average Bonchev–Trinajstić information content (AvgIpc) is 2.28. The Kier molecular flexibility index (Phi) is 6.34.